The van der Waals surface area contributed by atoms with Crippen LogP contribution in [0, 0.1) is 11.8 Å². The first-order chi connectivity index (χ1) is 8.10. The molecular formula is C14H30N2O. The van der Waals surface area contributed by atoms with Gasteiger partial charge in [-0.25, -0.2) is 0 Å². The van der Waals surface area contributed by atoms with Crippen molar-refractivity contribution in [2.45, 2.75) is 51.6 Å². The predicted molar refractivity (Wildman–Crippen MR) is 73.1 cm³/mol. The Labute approximate surface area is 107 Å². The fourth-order valence-electron chi connectivity index (χ4n) is 3.09. The third-order valence-electron chi connectivity index (χ3n) is 4.41. The molecule has 1 saturated carbocycles. The molecule has 3 nitrogen and oxygen atoms in total. The molecule has 3 heteroatoms. The number of rotatable bonds is 6. The van der Waals surface area contributed by atoms with Crippen molar-refractivity contribution in [2.75, 3.05) is 27.3 Å². The summed E-state index contributed by atoms with van der Waals surface area (Å²) in [6, 6.07) is 1.17. The summed E-state index contributed by atoms with van der Waals surface area (Å²) < 4.78 is 5.26. The minimum Gasteiger partial charge on any atom is -0.384 e. The molecule has 0 bridgehead atoms. The van der Waals surface area contributed by atoms with Gasteiger partial charge >= 0.3 is 0 Å². The molecule has 2 unspecified atom stereocenters. The van der Waals surface area contributed by atoms with Crippen LogP contribution in [0.1, 0.15) is 39.5 Å². The molecule has 0 spiro atoms. The van der Waals surface area contributed by atoms with E-state index in [1.807, 2.05) is 0 Å². The molecule has 1 rings (SSSR count). The highest BCUT2D eigenvalue weighted by atomic mass is 16.5. The van der Waals surface area contributed by atoms with Gasteiger partial charge in [0.25, 0.3) is 0 Å². The van der Waals surface area contributed by atoms with Gasteiger partial charge in [-0.3, -0.25) is 4.90 Å². The van der Waals surface area contributed by atoms with Crippen molar-refractivity contribution in [3.05, 3.63) is 0 Å². The number of hydrogen-bond donors (Lipinski definition) is 1. The van der Waals surface area contributed by atoms with Gasteiger partial charge in [0.2, 0.25) is 0 Å². The summed E-state index contributed by atoms with van der Waals surface area (Å²) in [5, 5.41) is 0. The van der Waals surface area contributed by atoms with E-state index in [-0.39, 0.29) is 0 Å². The molecule has 17 heavy (non-hydrogen) atoms. The van der Waals surface area contributed by atoms with Crippen LogP contribution in [0.15, 0.2) is 0 Å². The Morgan fingerprint density at radius 2 is 1.88 bits per heavy atom. The Kier molecular flexibility index (Phi) is 6.45. The van der Waals surface area contributed by atoms with Crippen LogP contribution in [0.3, 0.4) is 0 Å². The van der Waals surface area contributed by atoms with Crippen LogP contribution in [0.5, 0.6) is 0 Å². The first-order valence-corrected chi connectivity index (χ1v) is 7.01. The lowest BCUT2D eigenvalue weighted by atomic mass is 9.85. The minimum atomic E-state index is 0.452. The molecule has 0 aromatic carbocycles. The van der Waals surface area contributed by atoms with Crippen molar-refractivity contribution in [3.8, 4) is 0 Å². The average molecular weight is 242 g/mol. The van der Waals surface area contributed by atoms with Gasteiger partial charge < -0.3 is 10.5 Å². The van der Waals surface area contributed by atoms with Gasteiger partial charge in [0.1, 0.15) is 0 Å². The molecule has 0 aromatic heterocycles. The minimum absolute atomic E-state index is 0.452. The standard InChI is InChI=1S/C14H30N2O/c1-11-5-7-13(8-6-11)16(3)14(9-15)12(2)10-17-4/h11-14H,5-10,15H2,1-4H3. The summed E-state index contributed by atoms with van der Waals surface area (Å²) >= 11 is 0. The normalized spacial score (nSPS) is 29.3. The summed E-state index contributed by atoms with van der Waals surface area (Å²) in [5.41, 5.74) is 5.94. The number of methoxy groups -OCH3 is 1. The van der Waals surface area contributed by atoms with E-state index in [1.165, 1.54) is 25.7 Å². The molecule has 0 aliphatic heterocycles. The summed E-state index contributed by atoms with van der Waals surface area (Å²) in [6.07, 6.45) is 5.39. The van der Waals surface area contributed by atoms with Gasteiger partial charge in [0, 0.05) is 25.7 Å². The zero-order valence-electron chi connectivity index (χ0n) is 12.0. The molecule has 1 aliphatic rings. The second-order valence-corrected chi connectivity index (χ2v) is 5.81. The Morgan fingerprint density at radius 1 is 1.29 bits per heavy atom. The highest BCUT2D eigenvalue weighted by Gasteiger charge is 2.28. The smallest absolute Gasteiger partial charge is 0.0503 e. The molecule has 1 aliphatic carbocycles. The molecule has 0 heterocycles. The summed E-state index contributed by atoms with van der Waals surface area (Å²) in [6.45, 7) is 6.13. The van der Waals surface area contributed by atoms with Gasteiger partial charge in [-0.2, -0.15) is 0 Å². The van der Waals surface area contributed by atoms with Gasteiger partial charge in [-0.05, 0) is 44.6 Å². The SMILES string of the molecule is COCC(C)C(CN)N(C)C1CCC(C)CC1. The summed E-state index contributed by atoms with van der Waals surface area (Å²) in [4.78, 5) is 2.51. The van der Waals surface area contributed by atoms with E-state index in [9.17, 15) is 0 Å². The number of hydrogen-bond acceptors (Lipinski definition) is 3. The van der Waals surface area contributed by atoms with Crippen LogP contribution in [-0.2, 0) is 4.74 Å². The Morgan fingerprint density at radius 3 is 2.35 bits per heavy atom. The third-order valence-corrected chi connectivity index (χ3v) is 4.41. The molecule has 0 aromatic rings. The molecule has 2 N–H and O–H groups in total. The molecule has 1 fully saturated rings. The second-order valence-electron chi connectivity index (χ2n) is 5.81. The predicted octanol–water partition coefficient (Wildman–Crippen LogP) is 2.11. The van der Waals surface area contributed by atoms with Gasteiger partial charge in [0.15, 0.2) is 0 Å². The molecule has 2 atom stereocenters. The van der Waals surface area contributed by atoms with Crippen LogP contribution in [-0.4, -0.2) is 44.3 Å². The van der Waals surface area contributed by atoms with Crippen molar-refractivity contribution in [3.63, 3.8) is 0 Å². The molecular weight excluding hydrogens is 212 g/mol. The molecule has 102 valence electrons. The van der Waals surface area contributed by atoms with Gasteiger partial charge in [-0.15, -0.1) is 0 Å². The van der Waals surface area contributed by atoms with Crippen LogP contribution in [0.25, 0.3) is 0 Å². The van der Waals surface area contributed by atoms with E-state index in [1.54, 1.807) is 7.11 Å². The van der Waals surface area contributed by atoms with Gasteiger partial charge in [0.05, 0.1) is 6.61 Å². The topological polar surface area (TPSA) is 38.5 Å². The zero-order chi connectivity index (χ0) is 12.8. The van der Waals surface area contributed by atoms with E-state index in [4.69, 9.17) is 10.5 Å². The van der Waals surface area contributed by atoms with E-state index < -0.39 is 0 Å². The van der Waals surface area contributed by atoms with E-state index in [0.717, 1.165) is 25.1 Å². The Hall–Kier alpha value is -0.120. The van der Waals surface area contributed by atoms with Crippen molar-refractivity contribution in [1.82, 2.24) is 4.90 Å². The average Bonchev–Trinajstić information content (AvgIpc) is 2.31. The highest BCUT2D eigenvalue weighted by molar-refractivity contribution is 4.84. The maximum absolute atomic E-state index is 5.94. The van der Waals surface area contributed by atoms with Crippen LogP contribution in [0.4, 0.5) is 0 Å². The van der Waals surface area contributed by atoms with Crippen LogP contribution in [0.2, 0.25) is 0 Å². The Balaban J connectivity index is 2.50. The van der Waals surface area contributed by atoms with Crippen molar-refractivity contribution in [2.24, 2.45) is 17.6 Å². The van der Waals surface area contributed by atoms with E-state index >= 15 is 0 Å². The number of nitrogens with zero attached hydrogens (tertiary/aromatic N) is 1. The van der Waals surface area contributed by atoms with Crippen molar-refractivity contribution < 1.29 is 4.74 Å². The lowest BCUT2D eigenvalue weighted by Gasteiger charge is -2.40. The van der Waals surface area contributed by atoms with Gasteiger partial charge in [-0.1, -0.05) is 13.8 Å². The largest absolute Gasteiger partial charge is 0.384 e. The quantitative estimate of drug-likeness (QED) is 0.775. The second kappa shape index (κ2) is 7.34. The van der Waals surface area contributed by atoms with Crippen LogP contribution >= 0.6 is 0 Å². The fraction of sp³-hybridized carbons (Fsp3) is 1.00. The van der Waals surface area contributed by atoms with Crippen molar-refractivity contribution >= 4 is 0 Å². The van der Waals surface area contributed by atoms with E-state index in [2.05, 4.69) is 25.8 Å². The number of nitrogens with two attached hydrogens (primary N) is 1. The number of ether oxygens (including phenoxy) is 1. The maximum atomic E-state index is 5.94. The monoisotopic (exact) mass is 242 g/mol. The lowest BCUT2D eigenvalue weighted by molar-refractivity contribution is 0.0595. The molecule has 0 radical (unpaired) electrons. The summed E-state index contributed by atoms with van der Waals surface area (Å²) in [5.74, 6) is 1.42. The third kappa shape index (κ3) is 4.23. The highest BCUT2D eigenvalue weighted by Crippen LogP contribution is 2.28. The summed E-state index contributed by atoms with van der Waals surface area (Å²) in [7, 11) is 4.01. The maximum Gasteiger partial charge on any atom is 0.0503 e. The van der Waals surface area contributed by atoms with Crippen LogP contribution < -0.4 is 5.73 Å². The molecule has 0 saturated heterocycles. The zero-order valence-corrected chi connectivity index (χ0v) is 12.0. The fourth-order valence-corrected chi connectivity index (χ4v) is 3.09. The van der Waals surface area contributed by atoms with Crippen molar-refractivity contribution in [1.29, 1.82) is 0 Å². The molecule has 0 amide bonds. The van der Waals surface area contributed by atoms with E-state index in [0.29, 0.717) is 12.0 Å². The first-order valence-electron chi connectivity index (χ1n) is 7.01. The Bertz CT molecular complexity index is 202. The lowest BCUT2D eigenvalue weighted by Crippen LogP contribution is -2.49. The number of likely N-dealkylation sites (N-methyl/N-ethyl adjacent to an activating group) is 1. The first kappa shape index (κ1) is 14.9.